The molecule has 1 aromatic carbocycles. The average Bonchev–Trinajstić information content (AvgIpc) is 3.49. The van der Waals surface area contributed by atoms with E-state index in [0.29, 0.717) is 0 Å². The Kier molecular flexibility index (Phi) is 5.22. The highest BCUT2D eigenvalue weighted by Gasteiger charge is 2.59. The number of carbonyl (C=O) groups is 2. The lowest BCUT2D eigenvalue weighted by atomic mass is 10.1. The van der Waals surface area contributed by atoms with Crippen molar-refractivity contribution in [2.24, 2.45) is 0 Å². The largest absolute Gasteiger partial charge is 0.424 e. The lowest BCUT2D eigenvalue weighted by molar-refractivity contribution is -0.212. The summed E-state index contributed by atoms with van der Waals surface area (Å²) in [6.07, 6.45) is -5.45. The summed E-state index contributed by atoms with van der Waals surface area (Å²) in [6.45, 7) is -0.797. The van der Waals surface area contributed by atoms with Gasteiger partial charge < -0.3 is 48.8 Å². The van der Waals surface area contributed by atoms with Gasteiger partial charge >= 0.3 is 11.9 Å². The van der Waals surface area contributed by atoms with Crippen molar-refractivity contribution < 1.29 is 58.4 Å². The molecule has 4 fully saturated rings. The predicted molar refractivity (Wildman–Crippen MR) is 98.1 cm³/mol. The molecule has 12 heteroatoms. The third kappa shape index (κ3) is 3.49. The van der Waals surface area contributed by atoms with Gasteiger partial charge in [0.2, 0.25) is 0 Å². The molecule has 0 unspecified atom stereocenters. The van der Waals surface area contributed by atoms with Crippen molar-refractivity contribution in [1.82, 2.24) is 0 Å². The summed E-state index contributed by atoms with van der Waals surface area (Å²) in [5, 5.41) is 40.7. The van der Waals surface area contributed by atoms with Crippen LogP contribution in [-0.4, -0.2) is 107 Å². The number of fused-ring (bicyclic) bond motifs is 2. The molecule has 5 rings (SSSR count). The molecule has 4 N–H and O–H groups in total. The van der Waals surface area contributed by atoms with Gasteiger partial charge in [0.05, 0.1) is 24.3 Å². The highest BCUT2D eigenvalue weighted by Crippen LogP contribution is 2.37. The number of esters is 2. The van der Waals surface area contributed by atoms with Gasteiger partial charge in [0.15, 0.2) is 12.2 Å². The monoisotopic (exact) mass is 454 g/mol. The van der Waals surface area contributed by atoms with Gasteiger partial charge in [0.25, 0.3) is 11.6 Å². The molecule has 4 aliphatic rings. The number of hydrogen-bond acceptors (Lipinski definition) is 12. The first-order valence-electron chi connectivity index (χ1n) is 10.0. The number of carbonyl (C=O) groups excluding carboxylic acids is 2. The molecule has 4 saturated heterocycles. The Morgan fingerprint density at radius 2 is 1.12 bits per heavy atom. The van der Waals surface area contributed by atoms with Crippen LogP contribution in [0, 0.1) is 0 Å². The molecule has 174 valence electrons. The normalized spacial score (nSPS) is 42.5. The topological polar surface area (TPSA) is 170 Å². The van der Waals surface area contributed by atoms with Gasteiger partial charge in [-0.05, 0) is 24.3 Å². The Morgan fingerprint density at radius 1 is 0.750 bits per heavy atom. The van der Waals surface area contributed by atoms with Crippen LogP contribution in [-0.2, 0) is 28.4 Å². The minimum atomic E-state index is -2.05. The first-order chi connectivity index (χ1) is 15.2. The van der Waals surface area contributed by atoms with Crippen molar-refractivity contribution in [2.75, 3.05) is 26.4 Å². The lowest BCUT2D eigenvalue weighted by Gasteiger charge is -2.26. The van der Waals surface area contributed by atoms with Crippen LogP contribution < -0.4 is 0 Å². The second-order valence-electron chi connectivity index (χ2n) is 8.24. The first kappa shape index (κ1) is 21.7. The van der Waals surface area contributed by atoms with Crippen LogP contribution in [0.4, 0.5) is 0 Å². The van der Waals surface area contributed by atoms with Gasteiger partial charge in [-0.25, -0.2) is 9.59 Å². The van der Waals surface area contributed by atoms with Crippen LogP contribution in [0.5, 0.6) is 0 Å². The maximum Gasteiger partial charge on any atom is 0.340 e. The summed E-state index contributed by atoms with van der Waals surface area (Å²) in [5.74, 6) is -5.88. The number of ether oxygens (including phenoxy) is 6. The van der Waals surface area contributed by atoms with Crippen molar-refractivity contribution in [3.8, 4) is 0 Å². The number of benzene rings is 1. The molecule has 32 heavy (non-hydrogen) atoms. The fourth-order valence-electron chi connectivity index (χ4n) is 4.31. The third-order valence-corrected chi connectivity index (χ3v) is 6.00. The van der Waals surface area contributed by atoms with E-state index < -0.39 is 60.1 Å². The molecule has 0 bridgehead atoms. The third-order valence-electron chi connectivity index (χ3n) is 6.00. The van der Waals surface area contributed by atoms with E-state index in [9.17, 15) is 30.0 Å². The van der Waals surface area contributed by atoms with Crippen LogP contribution in [0.25, 0.3) is 0 Å². The maximum atomic E-state index is 12.5. The molecular weight excluding hydrogens is 432 g/mol. The minimum Gasteiger partial charge on any atom is -0.424 e. The fraction of sp³-hybridized carbons (Fsp3) is 0.600. The second kappa shape index (κ2) is 7.71. The smallest absolute Gasteiger partial charge is 0.340 e. The summed E-state index contributed by atoms with van der Waals surface area (Å²) in [5.41, 5.74) is 0.0596. The first-order valence-corrected chi connectivity index (χ1v) is 10.0. The molecule has 0 amide bonds. The Morgan fingerprint density at radius 3 is 1.50 bits per heavy atom. The Hall–Kier alpha value is -2.16. The van der Waals surface area contributed by atoms with Crippen LogP contribution in [0.2, 0.25) is 0 Å². The fourth-order valence-corrected chi connectivity index (χ4v) is 4.31. The standard InChI is InChI=1S/C20H22O12/c21-11-5-27-15-13(11)29-7-19(15,25)31-17(23)9-1-2-10(4-3-9)18(24)32-20(26)8-30-14-12(22)6-28-16(14)20/h1-4,11-16,21-22,25-26H,5-8H2/t11-,12-,13-,14-,15+,16+,19+,20+/m1/s1. The van der Waals surface area contributed by atoms with E-state index in [2.05, 4.69) is 0 Å². The quantitative estimate of drug-likeness (QED) is 0.284. The van der Waals surface area contributed by atoms with Crippen LogP contribution >= 0.6 is 0 Å². The predicted octanol–water partition coefficient (Wildman–Crippen LogP) is -2.31. The summed E-state index contributed by atoms with van der Waals surface area (Å²) < 4.78 is 31.5. The minimum absolute atomic E-state index is 0.0298. The van der Waals surface area contributed by atoms with Gasteiger partial charge in [-0.15, -0.1) is 0 Å². The number of hydrogen-bond donors (Lipinski definition) is 4. The van der Waals surface area contributed by atoms with Crippen molar-refractivity contribution in [3.05, 3.63) is 35.4 Å². The number of rotatable bonds is 4. The van der Waals surface area contributed by atoms with Crippen molar-refractivity contribution >= 4 is 11.9 Å². The summed E-state index contributed by atoms with van der Waals surface area (Å²) in [6, 6.07) is 5.14. The van der Waals surface area contributed by atoms with Crippen molar-refractivity contribution in [1.29, 1.82) is 0 Å². The molecule has 4 aliphatic heterocycles. The van der Waals surface area contributed by atoms with E-state index in [-0.39, 0.29) is 37.6 Å². The van der Waals surface area contributed by atoms with Crippen LogP contribution in [0.1, 0.15) is 20.7 Å². The average molecular weight is 454 g/mol. The van der Waals surface area contributed by atoms with Gasteiger partial charge in [-0.2, -0.15) is 0 Å². The van der Waals surface area contributed by atoms with Crippen molar-refractivity contribution in [3.63, 3.8) is 0 Å². The maximum absolute atomic E-state index is 12.5. The van der Waals surface area contributed by atoms with Gasteiger partial charge in [0, 0.05) is 0 Å². The van der Waals surface area contributed by atoms with E-state index in [0.717, 1.165) is 0 Å². The second-order valence-corrected chi connectivity index (χ2v) is 8.24. The zero-order chi connectivity index (χ0) is 22.7. The molecule has 0 aromatic heterocycles. The molecule has 12 nitrogen and oxygen atoms in total. The van der Waals surface area contributed by atoms with Gasteiger partial charge in [-0.1, -0.05) is 0 Å². The highest BCUT2D eigenvalue weighted by atomic mass is 16.7. The summed E-state index contributed by atoms with van der Waals surface area (Å²) >= 11 is 0. The Balaban J connectivity index is 1.22. The zero-order valence-corrected chi connectivity index (χ0v) is 16.7. The van der Waals surface area contributed by atoms with Gasteiger partial charge in [-0.3, -0.25) is 0 Å². The van der Waals surface area contributed by atoms with E-state index in [1.165, 1.54) is 24.3 Å². The molecule has 1 aromatic rings. The zero-order valence-electron chi connectivity index (χ0n) is 16.7. The van der Waals surface area contributed by atoms with Crippen LogP contribution in [0.3, 0.4) is 0 Å². The van der Waals surface area contributed by atoms with E-state index in [4.69, 9.17) is 28.4 Å². The van der Waals surface area contributed by atoms with E-state index in [1.807, 2.05) is 0 Å². The van der Waals surface area contributed by atoms with Gasteiger partial charge in [0.1, 0.15) is 37.6 Å². The Labute approximate surface area is 181 Å². The van der Waals surface area contributed by atoms with Crippen LogP contribution in [0.15, 0.2) is 24.3 Å². The molecule has 0 radical (unpaired) electrons. The molecule has 4 heterocycles. The Bertz CT molecular complexity index is 831. The van der Waals surface area contributed by atoms with E-state index in [1.54, 1.807) is 0 Å². The number of aliphatic hydroxyl groups excluding tert-OH is 2. The summed E-state index contributed by atoms with van der Waals surface area (Å²) in [7, 11) is 0. The molecule has 0 saturated carbocycles. The highest BCUT2D eigenvalue weighted by molar-refractivity contribution is 5.93. The SMILES string of the molecule is O=C(O[C@@]1(O)CO[C@@H]2[C@H](O)CO[C@@H]21)c1ccc(C(=O)O[C@@]2(O)CO[C@@H]3[C@H](O)CO[C@@H]32)cc1. The lowest BCUT2D eigenvalue weighted by Crippen LogP contribution is -2.47. The number of aliphatic hydroxyl groups is 4. The molecule has 8 atom stereocenters. The molecule has 0 spiro atoms. The summed E-state index contributed by atoms with van der Waals surface area (Å²) in [4.78, 5) is 24.9. The van der Waals surface area contributed by atoms with E-state index >= 15 is 0 Å². The molecular formula is C20H22O12. The van der Waals surface area contributed by atoms with Crippen molar-refractivity contribution in [2.45, 2.75) is 48.2 Å². The molecule has 0 aliphatic carbocycles.